The Kier molecular flexibility index (Phi) is 8.26. The van der Waals surface area contributed by atoms with Gasteiger partial charge in [0.15, 0.2) is 0 Å². The second-order valence-corrected chi connectivity index (χ2v) is 4.62. The molecular formula is C16H28N2O. The molecule has 0 aliphatic rings. The van der Waals surface area contributed by atoms with Crippen molar-refractivity contribution in [3.05, 3.63) is 29.8 Å². The van der Waals surface area contributed by atoms with Crippen LogP contribution in [0.3, 0.4) is 0 Å². The van der Waals surface area contributed by atoms with Gasteiger partial charge in [0.2, 0.25) is 0 Å². The van der Waals surface area contributed by atoms with Crippen molar-refractivity contribution >= 4 is 5.69 Å². The van der Waals surface area contributed by atoms with Crippen LogP contribution in [0.5, 0.6) is 0 Å². The molecule has 1 aromatic carbocycles. The second-order valence-electron chi connectivity index (χ2n) is 4.62. The fourth-order valence-corrected chi connectivity index (χ4v) is 2.02. The molecule has 0 heterocycles. The second kappa shape index (κ2) is 9.82. The minimum absolute atomic E-state index is 0.791. The number of nitrogens with one attached hydrogen (secondary N) is 1. The number of anilines is 1. The molecule has 0 aliphatic carbocycles. The smallest absolute Gasteiger partial charge is 0.0641 e. The maximum Gasteiger partial charge on any atom is 0.0641 e. The third-order valence-electron chi connectivity index (χ3n) is 3.15. The van der Waals surface area contributed by atoms with Gasteiger partial charge in [-0.1, -0.05) is 19.1 Å². The summed E-state index contributed by atoms with van der Waals surface area (Å²) in [5.41, 5.74) is 2.62. The van der Waals surface area contributed by atoms with Gasteiger partial charge in [-0.25, -0.2) is 0 Å². The van der Waals surface area contributed by atoms with Gasteiger partial charge in [0, 0.05) is 31.9 Å². The highest BCUT2D eigenvalue weighted by molar-refractivity contribution is 5.47. The molecule has 0 saturated carbocycles. The Morgan fingerprint density at radius 3 is 2.42 bits per heavy atom. The zero-order valence-corrected chi connectivity index (χ0v) is 12.6. The van der Waals surface area contributed by atoms with Crippen molar-refractivity contribution in [2.45, 2.75) is 33.7 Å². The molecule has 108 valence electrons. The Bertz CT molecular complexity index is 324. The van der Waals surface area contributed by atoms with Gasteiger partial charge in [0.05, 0.1) is 6.61 Å². The zero-order valence-electron chi connectivity index (χ0n) is 12.6. The Labute approximate surface area is 118 Å². The Balaban J connectivity index is 2.47. The standard InChI is InChI=1S/C16H28N2O/c1-4-11-17-14-15-7-9-16(10-8-15)18(5-2)12-13-19-6-3/h7-10,17H,4-6,11-14H2,1-3H3. The molecule has 0 spiro atoms. The lowest BCUT2D eigenvalue weighted by Gasteiger charge is -2.23. The molecule has 3 heteroatoms. The van der Waals surface area contributed by atoms with Crippen LogP contribution in [0, 0.1) is 0 Å². The molecule has 0 bridgehead atoms. The largest absolute Gasteiger partial charge is 0.380 e. The maximum absolute atomic E-state index is 5.42. The highest BCUT2D eigenvalue weighted by Crippen LogP contribution is 2.15. The predicted molar refractivity (Wildman–Crippen MR) is 82.8 cm³/mol. The van der Waals surface area contributed by atoms with Crippen molar-refractivity contribution in [3.8, 4) is 0 Å². The van der Waals surface area contributed by atoms with Crippen LogP contribution in [-0.2, 0) is 11.3 Å². The molecule has 0 fully saturated rings. The lowest BCUT2D eigenvalue weighted by Crippen LogP contribution is -2.27. The minimum atomic E-state index is 0.791. The summed E-state index contributed by atoms with van der Waals surface area (Å²) in [6, 6.07) is 8.83. The van der Waals surface area contributed by atoms with Crippen molar-refractivity contribution in [2.75, 3.05) is 37.7 Å². The van der Waals surface area contributed by atoms with E-state index in [1.54, 1.807) is 0 Å². The predicted octanol–water partition coefficient (Wildman–Crippen LogP) is 3.05. The summed E-state index contributed by atoms with van der Waals surface area (Å²) in [5, 5.41) is 3.42. The SMILES string of the molecule is CCCNCc1ccc(N(CC)CCOCC)cc1. The van der Waals surface area contributed by atoms with E-state index in [1.165, 1.54) is 17.7 Å². The minimum Gasteiger partial charge on any atom is -0.380 e. The monoisotopic (exact) mass is 264 g/mol. The Morgan fingerprint density at radius 2 is 1.84 bits per heavy atom. The quantitative estimate of drug-likeness (QED) is 0.657. The van der Waals surface area contributed by atoms with Crippen LogP contribution in [0.4, 0.5) is 5.69 Å². The fraction of sp³-hybridized carbons (Fsp3) is 0.625. The molecular weight excluding hydrogens is 236 g/mol. The van der Waals surface area contributed by atoms with Crippen molar-refractivity contribution in [1.82, 2.24) is 5.32 Å². The number of hydrogen-bond donors (Lipinski definition) is 1. The van der Waals surface area contributed by atoms with E-state index in [1.807, 2.05) is 6.92 Å². The molecule has 0 saturated heterocycles. The molecule has 0 unspecified atom stereocenters. The van der Waals surface area contributed by atoms with Crippen molar-refractivity contribution in [3.63, 3.8) is 0 Å². The van der Waals surface area contributed by atoms with Gasteiger partial charge in [-0.2, -0.15) is 0 Å². The molecule has 0 atom stereocenters. The van der Waals surface area contributed by atoms with Gasteiger partial charge in [0.25, 0.3) is 0 Å². The van der Waals surface area contributed by atoms with E-state index in [4.69, 9.17) is 4.74 Å². The van der Waals surface area contributed by atoms with E-state index < -0.39 is 0 Å². The van der Waals surface area contributed by atoms with Crippen molar-refractivity contribution < 1.29 is 4.74 Å². The lowest BCUT2D eigenvalue weighted by molar-refractivity contribution is 0.154. The average molecular weight is 264 g/mol. The van der Waals surface area contributed by atoms with Gasteiger partial charge in [-0.05, 0) is 44.5 Å². The van der Waals surface area contributed by atoms with E-state index in [2.05, 4.69) is 48.3 Å². The summed E-state index contributed by atoms with van der Waals surface area (Å²) in [7, 11) is 0. The van der Waals surface area contributed by atoms with Crippen LogP contribution in [0.25, 0.3) is 0 Å². The van der Waals surface area contributed by atoms with Crippen LogP contribution in [0.2, 0.25) is 0 Å². The molecule has 3 nitrogen and oxygen atoms in total. The summed E-state index contributed by atoms with van der Waals surface area (Å²) < 4.78 is 5.42. The molecule has 0 aliphatic heterocycles. The zero-order chi connectivity index (χ0) is 13.9. The van der Waals surface area contributed by atoms with Gasteiger partial charge in [-0.3, -0.25) is 0 Å². The van der Waals surface area contributed by atoms with E-state index in [9.17, 15) is 0 Å². The highest BCUT2D eigenvalue weighted by Gasteiger charge is 2.03. The maximum atomic E-state index is 5.42. The Morgan fingerprint density at radius 1 is 1.11 bits per heavy atom. The topological polar surface area (TPSA) is 24.5 Å². The summed E-state index contributed by atoms with van der Waals surface area (Å²) in [5.74, 6) is 0. The highest BCUT2D eigenvalue weighted by atomic mass is 16.5. The third kappa shape index (κ3) is 6.08. The number of ether oxygens (including phenoxy) is 1. The number of nitrogens with zero attached hydrogens (tertiary/aromatic N) is 1. The average Bonchev–Trinajstić information content (AvgIpc) is 2.45. The molecule has 0 aromatic heterocycles. The number of rotatable bonds is 10. The van der Waals surface area contributed by atoms with E-state index in [-0.39, 0.29) is 0 Å². The molecule has 1 aromatic rings. The van der Waals surface area contributed by atoms with Crippen molar-refractivity contribution in [2.24, 2.45) is 0 Å². The van der Waals surface area contributed by atoms with E-state index in [0.29, 0.717) is 0 Å². The third-order valence-corrected chi connectivity index (χ3v) is 3.15. The van der Waals surface area contributed by atoms with Gasteiger partial charge >= 0.3 is 0 Å². The number of likely N-dealkylation sites (N-methyl/N-ethyl adjacent to an activating group) is 1. The first-order valence-electron chi connectivity index (χ1n) is 7.44. The molecule has 0 radical (unpaired) electrons. The van der Waals surface area contributed by atoms with Crippen LogP contribution >= 0.6 is 0 Å². The summed E-state index contributed by atoms with van der Waals surface area (Å²) in [6.45, 7) is 12.0. The van der Waals surface area contributed by atoms with Crippen molar-refractivity contribution in [1.29, 1.82) is 0 Å². The van der Waals surface area contributed by atoms with Gasteiger partial charge in [-0.15, -0.1) is 0 Å². The Hall–Kier alpha value is -1.06. The first-order chi connectivity index (χ1) is 9.31. The van der Waals surface area contributed by atoms with Crippen LogP contribution in [-0.4, -0.2) is 32.8 Å². The fourth-order valence-electron chi connectivity index (χ4n) is 2.02. The van der Waals surface area contributed by atoms with E-state index in [0.717, 1.165) is 39.4 Å². The number of benzene rings is 1. The van der Waals surface area contributed by atoms with Crippen LogP contribution in [0.1, 0.15) is 32.8 Å². The first kappa shape index (κ1) is 16.0. The number of hydrogen-bond acceptors (Lipinski definition) is 3. The molecule has 19 heavy (non-hydrogen) atoms. The van der Waals surface area contributed by atoms with Gasteiger partial charge < -0.3 is 15.0 Å². The molecule has 1 N–H and O–H groups in total. The summed E-state index contributed by atoms with van der Waals surface area (Å²) >= 11 is 0. The summed E-state index contributed by atoms with van der Waals surface area (Å²) in [6.07, 6.45) is 1.18. The molecule has 1 rings (SSSR count). The van der Waals surface area contributed by atoms with Gasteiger partial charge in [0.1, 0.15) is 0 Å². The van der Waals surface area contributed by atoms with Crippen LogP contribution < -0.4 is 10.2 Å². The molecule has 0 amide bonds. The lowest BCUT2D eigenvalue weighted by atomic mass is 10.2. The first-order valence-corrected chi connectivity index (χ1v) is 7.44. The normalized spacial score (nSPS) is 10.7. The summed E-state index contributed by atoms with van der Waals surface area (Å²) in [4.78, 5) is 2.35. The van der Waals surface area contributed by atoms with Crippen LogP contribution in [0.15, 0.2) is 24.3 Å². The van der Waals surface area contributed by atoms with E-state index >= 15 is 0 Å².